The fraction of sp³-hybridized carbons (Fsp3) is 0.273. The van der Waals surface area contributed by atoms with Crippen molar-refractivity contribution in [1.29, 1.82) is 0 Å². The molecule has 2 aromatic heterocycles. The van der Waals surface area contributed by atoms with E-state index in [4.69, 9.17) is 10.5 Å². The zero-order valence-corrected chi connectivity index (χ0v) is 9.56. The molecule has 0 aliphatic heterocycles. The van der Waals surface area contributed by atoms with Crippen molar-refractivity contribution < 1.29 is 4.74 Å². The quantitative estimate of drug-likeness (QED) is 0.829. The minimum absolute atomic E-state index is 0.572. The van der Waals surface area contributed by atoms with Crippen molar-refractivity contribution in [2.24, 2.45) is 0 Å². The lowest BCUT2D eigenvalue weighted by molar-refractivity contribution is 0.397. The van der Waals surface area contributed by atoms with Crippen LogP contribution < -0.4 is 10.5 Å². The van der Waals surface area contributed by atoms with Crippen molar-refractivity contribution >= 4 is 5.82 Å². The van der Waals surface area contributed by atoms with E-state index in [1.165, 1.54) is 0 Å². The van der Waals surface area contributed by atoms with E-state index in [0.29, 0.717) is 11.7 Å². The number of methoxy groups -OCH3 is 1. The number of aryl methyl sites for hydroxylation is 1. The third-order valence-electron chi connectivity index (χ3n) is 2.58. The summed E-state index contributed by atoms with van der Waals surface area (Å²) in [6.45, 7) is 3.88. The molecule has 0 radical (unpaired) electrons. The number of rotatable bonds is 2. The van der Waals surface area contributed by atoms with Crippen LogP contribution >= 0.6 is 0 Å². The Morgan fingerprint density at radius 1 is 1.31 bits per heavy atom. The van der Waals surface area contributed by atoms with Gasteiger partial charge in [-0.3, -0.25) is 0 Å². The molecule has 0 amide bonds. The second-order valence-electron chi connectivity index (χ2n) is 3.57. The maximum absolute atomic E-state index is 5.95. The fourth-order valence-electron chi connectivity index (χ4n) is 1.44. The van der Waals surface area contributed by atoms with Crippen LogP contribution in [0, 0.1) is 13.8 Å². The first-order chi connectivity index (χ1) is 7.63. The molecule has 84 valence electrons. The van der Waals surface area contributed by atoms with Gasteiger partial charge in [-0.05, 0) is 19.9 Å². The van der Waals surface area contributed by atoms with Crippen molar-refractivity contribution in [3.8, 4) is 11.6 Å². The first kappa shape index (κ1) is 10.5. The van der Waals surface area contributed by atoms with E-state index in [9.17, 15) is 0 Å². The Balaban J connectivity index is 2.46. The van der Waals surface area contributed by atoms with E-state index in [2.05, 4.69) is 10.1 Å². The van der Waals surface area contributed by atoms with Crippen LogP contribution in [-0.2, 0) is 0 Å². The summed E-state index contributed by atoms with van der Waals surface area (Å²) in [5, 5.41) is 4.35. The third kappa shape index (κ3) is 1.60. The first-order valence-corrected chi connectivity index (χ1v) is 4.95. The number of nitrogens with two attached hydrogens (primary N) is 1. The normalized spacial score (nSPS) is 10.4. The van der Waals surface area contributed by atoms with Crippen LogP contribution in [0.25, 0.3) is 5.69 Å². The van der Waals surface area contributed by atoms with Crippen LogP contribution in [0.2, 0.25) is 0 Å². The Bertz CT molecular complexity index is 501. The molecule has 16 heavy (non-hydrogen) atoms. The van der Waals surface area contributed by atoms with E-state index in [1.54, 1.807) is 24.1 Å². The number of aromatic nitrogens is 3. The lowest BCUT2D eigenvalue weighted by Gasteiger charge is -2.04. The SMILES string of the molecule is COc1ccc(-n2nc(C)c(C)c2N)cn1. The summed E-state index contributed by atoms with van der Waals surface area (Å²) in [6.07, 6.45) is 1.68. The molecule has 0 unspecified atom stereocenters. The van der Waals surface area contributed by atoms with E-state index < -0.39 is 0 Å². The molecule has 0 spiro atoms. The highest BCUT2D eigenvalue weighted by Crippen LogP contribution is 2.19. The van der Waals surface area contributed by atoms with Crippen molar-refractivity contribution in [3.05, 3.63) is 29.6 Å². The van der Waals surface area contributed by atoms with Crippen LogP contribution in [0.1, 0.15) is 11.3 Å². The molecule has 0 fully saturated rings. The predicted octanol–water partition coefficient (Wildman–Crippen LogP) is 1.47. The molecule has 2 aromatic rings. The van der Waals surface area contributed by atoms with E-state index in [1.807, 2.05) is 19.9 Å². The summed E-state index contributed by atoms with van der Waals surface area (Å²) >= 11 is 0. The van der Waals surface area contributed by atoms with E-state index in [0.717, 1.165) is 16.9 Å². The number of pyridine rings is 1. The largest absolute Gasteiger partial charge is 0.481 e. The van der Waals surface area contributed by atoms with E-state index in [-0.39, 0.29) is 0 Å². The van der Waals surface area contributed by atoms with Crippen LogP contribution in [0.3, 0.4) is 0 Å². The highest BCUT2D eigenvalue weighted by molar-refractivity contribution is 5.48. The third-order valence-corrected chi connectivity index (χ3v) is 2.58. The highest BCUT2D eigenvalue weighted by atomic mass is 16.5. The number of ether oxygens (including phenoxy) is 1. The monoisotopic (exact) mass is 218 g/mol. The van der Waals surface area contributed by atoms with Gasteiger partial charge in [-0.1, -0.05) is 0 Å². The molecular weight excluding hydrogens is 204 g/mol. The summed E-state index contributed by atoms with van der Waals surface area (Å²) in [5.41, 5.74) is 8.70. The van der Waals surface area contributed by atoms with Crippen molar-refractivity contribution in [1.82, 2.24) is 14.8 Å². The molecule has 2 rings (SSSR count). The molecule has 2 heterocycles. The number of nitrogens with zero attached hydrogens (tertiary/aromatic N) is 3. The van der Waals surface area contributed by atoms with Gasteiger partial charge in [0.05, 0.1) is 24.7 Å². The van der Waals surface area contributed by atoms with Crippen molar-refractivity contribution in [2.75, 3.05) is 12.8 Å². The second kappa shape index (κ2) is 3.84. The lowest BCUT2D eigenvalue weighted by Crippen LogP contribution is -2.03. The number of hydrogen-bond donors (Lipinski definition) is 1. The Kier molecular flexibility index (Phi) is 2.52. The summed E-state index contributed by atoms with van der Waals surface area (Å²) in [6, 6.07) is 3.65. The van der Waals surface area contributed by atoms with Crippen LogP contribution in [-0.4, -0.2) is 21.9 Å². The van der Waals surface area contributed by atoms with Crippen molar-refractivity contribution in [2.45, 2.75) is 13.8 Å². The minimum atomic E-state index is 0.572. The summed E-state index contributed by atoms with van der Waals surface area (Å²) < 4.78 is 6.67. The lowest BCUT2D eigenvalue weighted by atomic mass is 10.3. The Hall–Kier alpha value is -2.04. The Morgan fingerprint density at radius 3 is 2.50 bits per heavy atom. The number of hydrogen-bond acceptors (Lipinski definition) is 4. The Labute approximate surface area is 93.9 Å². The van der Waals surface area contributed by atoms with Gasteiger partial charge in [-0.2, -0.15) is 5.10 Å². The second-order valence-corrected chi connectivity index (χ2v) is 3.57. The maximum atomic E-state index is 5.95. The zero-order valence-electron chi connectivity index (χ0n) is 9.56. The molecule has 0 aliphatic carbocycles. The fourth-order valence-corrected chi connectivity index (χ4v) is 1.44. The summed E-state index contributed by atoms with van der Waals surface area (Å²) in [4.78, 5) is 4.11. The van der Waals surface area contributed by atoms with Gasteiger partial charge in [0.2, 0.25) is 5.88 Å². The minimum Gasteiger partial charge on any atom is -0.481 e. The molecular formula is C11H14N4O. The van der Waals surface area contributed by atoms with Gasteiger partial charge in [-0.15, -0.1) is 0 Å². The highest BCUT2D eigenvalue weighted by Gasteiger charge is 2.09. The van der Waals surface area contributed by atoms with Crippen LogP contribution in [0.5, 0.6) is 5.88 Å². The van der Waals surface area contributed by atoms with Gasteiger partial charge in [-0.25, -0.2) is 9.67 Å². The molecule has 0 aromatic carbocycles. The molecule has 0 aliphatic rings. The maximum Gasteiger partial charge on any atom is 0.213 e. The molecule has 5 heteroatoms. The Morgan fingerprint density at radius 2 is 2.06 bits per heavy atom. The van der Waals surface area contributed by atoms with Gasteiger partial charge in [0.15, 0.2) is 0 Å². The van der Waals surface area contributed by atoms with Gasteiger partial charge >= 0.3 is 0 Å². The molecule has 0 atom stereocenters. The van der Waals surface area contributed by atoms with Crippen LogP contribution in [0.15, 0.2) is 18.3 Å². The van der Waals surface area contributed by atoms with Crippen LogP contribution in [0.4, 0.5) is 5.82 Å². The number of nitrogen functional groups attached to an aromatic ring is 1. The van der Waals surface area contributed by atoms with Gasteiger partial charge in [0.1, 0.15) is 5.82 Å². The summed E-state index contributed by atoms with van der Waals surface area (Å²) in [7, 11) is 1.58. The smallest absolute Gasteiger partial charge is 0.213 e. The van der Waals surface area contributed by atoms with Gasteiger partial charge in [0.25, 0.3) is 0 Å². The number of anilines is 1. The van der Waals surface area contributed by atoms with Crippen molar-refractivity contribution in [3.63, 3.8) is 0 Å². The molecule has 0 bridgehead atoms. The molecule has 5 nitrogen and oxygen atoms in total. The molecule has 0 saturated carbocycles. The zero-order chi connectivity index (χ0) is 11.7. The topological polar surface area (TPSA) is 66.0 Å². The molecule has 0 saturated heterocycles. The average molecular weight is 218 g/mol. The van der Waals surface area contributed by atoms with E-state index >= 15 is 0 Å². The standard InChI is InChI=1S/C11H14N4O/c1-7-8(2)14-15(11(7)12)9-4-5-10(16-3)13-6-9/h4-6H,12H2,1-3H3. The molecule has 2 N–H and O–H groups in total. The first-order valence-electron chi connectivity index (χ1n) is 4.95. The van der Waals surface area contributed by atoms with Gasteiger partial charge < -0.3 is 10.5 Å². The predicted molar refractivity (Wildman–Crippen MR) is 61.8 cm³/mol. The summed E-state index contributed by atoms with van der Waals surface area (Å²) in [5.74, 6) is 1.22. The van der Waals surface area contributed by atoms with Gasteiger partial charge in [0, 0.05) is 11.6 Å². The average Bonchev–Trinajstić information content (AvgIpc) is 2.57.